The quantitative estimate of drug-likeness (QED) is 0.636. The number of nitrogens with zero attached hydrogens (tertiary/aromatic N) is 1. The topological polar surface area (TPSA) is 98.3 Å². The van der Waals surface area contributed by atoms with Crippen LogP contribution in [0.5, 0.6) is 0 Å². The van der Waals surface area contributed by atoms with E-state index >= 15 is 0 Å². The molecule has 0 saturated carbocycles. The number of carbonyl (C=O) groups is 1. The fourth-order valence-corrected chi connectivity index (χ4v) is 1.36. The molecule has 3 N–H and O–H groups in total. The summed E-state index contributed by atoms with van der Waals surface area (Å²) >= 11 is 0. The Morgan fingerprint density at radius 3 is 2.74 bits per heavy atom. The van der Waals surface area contributed by atoms with Gasteiger partial charge in [0.05, 0.1) is 4.92 Å². The monoisotopic (exact) mass is 291 g/mol. The molecule has 1 unspecified atom stereocenters. The van der Waals surface area contributed by atoms with Gasteiger partial charge in [-0.25, -0.2) is 4.39 Å². The minimum Gasteiger partial charge on any atom is -0.352 e. The van der Waals surface area contributed by atoms with E-state index in [9.17, 15) is 19.3 Å². The van der Waals surface area contributed by atoms with E-state index in [2.05, 4.69) is 5.32 Å². The lowest BCUT2D eigenvalue weighted by atomic mass is 10.1. The number of nitrogens with two attached hydrogens (primary N) is 1. The van der Waals surface area contributed by atoms with Gasteiger partial charge in [-0.1, -0.05) is 0 Å². The van der Waals surface area contributed by atoms with E-state index in [0.717, 1.165) is 18.2 Å². The Morgan fingerprint density at radius 1 is 1.58 bits per heavy atom. The summed E-state index contributed by atoms with van der Waals surface area (Å²) in [7, 11) is 0. The van der Waals surface area contributed by atoms with Crippen LogP contribution in [-0.4, -0.2) is 23.4 Å². The highest BCUT2D eigenvalue weighted by molar-refractivity contribution is 5.98. The average molecular weight is 292 g/mol. The highest BCUT2D eigenvalue weighted by Gasteiger charge is 2.20. The van der Waals surface area contributed by atoms with Crippen molar-refractivity contribution >= 4 is 24.0 Å². The van der Waals surface area contributed by atoms with Crippen LogP contribution in [0.3, 0.4) is 0 Å². The third-order valence-corrected chi connectivity index (χ3v) is 2.29. The van der Waals surface area contributed by atoms with Crippen LogP contribution in [0.1, 0.15) is 23.7 Å². The zero-order valence-electron chi connectivity index (χ0n) is 10.3. The van der Waals surface area contributed by atoms with Crippen molar-refractivity contribution in [2.75, 3.05) is 6.54 Å². The van der Waals surface area contributed by atoms with Crippen LogP contribution < -0.4 is 11.1 Å². The minimum absolute atomic E-state index is 0. The van der Waals surface area contributed by atoms with Gasteiger partial charge in [0.1, 0.15) is 11.4 Å². The molecule has 0 bridgehead atoms. The number of hydrogen-bond acceptors (Lipinski definition) is 4. The van der Waals surface area contributed by atoms with Crippen LogP contribution >= 0.6 is 12.4 Å². The standard InChI is InChI=1S/C11H14FN3O3.ClH/c1-7(13)4-5-14-11(16)9-6-8(12)2-3-10(9)15(17)18;/h2-3,6-7H,4-5,13H2,1H3,(H,14,16);1H. The molecular formula is C11H15ClFN3O3. The Kier molecular flexibility index (Phi) is 6.95. The first-order valence-corrected chi connectivity index (χ1v) is 5.39. The number of benzene rings is 1. The van der Waals surface area contributed by atoms with Gasteiger partial charge in [0.15, 0.2) is 0 Å². The number of rotatable bonds is 5. The third-order valence-electron chi connectivity index (χ3n) is 2.29. The third kappa shape index (κ3) is 5.19. The van der Waals surface area contributed by atoms with E-state index in [1.807, 2.05) is 0 Å². The Hall–Kier alpha value is -1.73. The van der Waals surface area contributed by atoms with Crippen molar-refractivity contribution in [2.24, 2.45) is 5.73 Å². The molecule has 1 rings (SSSR count). The van der Waals surface area contributed by atoms with Crippen molar-refractivity contribution in [3.63, 3.8) is 0 Å². The van der Waals surface area contributed by atoms with Crippen LogP contribution in [-0.2, 0) is 0 Å². The van der Waals surface area contributed by atoms with Gasteiger partial charge in [0.2, 0.25) is 0 Å². The molecular weight excluding hydrogens is 277 g/mol. The van der Waals surface area contributed by atoms with Gasteiger partial charge in [0, 0.05) is 18.7 Å². The zero-order valence-corrected chi connectivity index (χ0v) is 11.1. The number of hydrogen-bond donors (Lipinski definition) is 2. The first kappa shape index (κ1) is 17.3. The lowest BCUT2D eigenvalue weighted by Crippen LogP contribution is -2.29. The number of nitro groups is 1. The fraction of sp³-hybridized carbons (Fsp3) is 0.364. The van der Waals surface area contributed by atoms with Crippen molar-refractivity contribution in [2.45, 2.75) is 19.4 Å². The van der Waals surface area contributed by atoms with E-state index in [0.29, 0.717) is 6.42 Å². The van der Waals surface area contributed by atoms with Crippen LogP contribution in [0.25, 0.3) is 0 Å². The molecule has 8 heteroatoms. The molecule has 0 saturated heterocycles. The van der Waals surface area contributed by atoms with Crippen LogP contribution in [0, 0.1) is 15.9 Å². The van der Waals surface area contributed by atoms with Crippen molar-refractivity contribution in [3.8, 4) is 0 Å². The van der Waals surface area contributed by atoms with E-state index < -0.39 is 22.3 Å². The van der Waals surface area contributed by atoms with Gasteiger partial charge in [-0.3, -0.25) is 14.9 Å². The predicted molar refractivity (Wildman–Crippen MR) is 70.9 cm³/mol. The van der Waals surface area contributed by atoms with E-state index in [1.165, 1.54) is 0 Å². The van der Waals surface area contributed by atoms with Gasteiger partial charge < -0.3 is 11.1 Å². The number of nitro benzene ring substituents is 1. The summed E-state index contributed by atoms with van der Waals surface area (Å²) in [4.78, 5) is 21.7. The van der Waals surface area contributed by atoms with E-state index in [-0.39, 0.29) is 30.6 Å². The van der Waals surface area contributed by atoms with Crippen molar-refractivity contribution < 1.29 is 14.1 Å². The Bertz CT molecular complexity index is 468. The molecule has 6 nitrogen and oxygen atoms in total. The zero-order chi connectivity index (χ0) is 13.7. The number of halogens is 2. The molecule has 0 spiro atoms. The summed E-state index contributed by atoms with van der Waals surface area (Å²) in [6.07, 6.45) is 0.537. The largest absolute Gasteiger partial charge is 0.352 e. The molecule has 0 aliphatic carbocycles. The number of carbonyl (C=O) groups excluding carboxylic acids is 1. The molecule has 1 aromatic carbocycles. The van der Waals surface area contributed by atoms with Crippen molar-refractivity contribution in [1.29, 1.82) is 0 Å². The van der Waals surface area contributed by atoms with Crippen molar-refractivity contribution in [3.05, 3.63) is 39.7 Å². The molecule has 106 valence electrons. The maximum atomic E-state index is 13.0. The van der Waals surface area contributed by atoms with Crippen molar-refractivity contribution in [1.82, 2.24) is 5.32 Å². The highest BCUT2D eigenvalue weighted by atomic mass is 35.5. The van der Waals surface area contributed by atoms with Gasteiger partial charge in [-0.2, -0.15) is 0 Å². The second-order valence-corrected chi connectivity index (χ2v) is 3.94. The lowest BCUT2D eigenvalue weighted by molar-refractivity contribution is -0.385. The first-order chi connectivity index (χ1) is 8.41. The second-order valence-electron chi connectivity index (χ2n) is 3.94. The summed E-state index contributed by atoms with van der Waals surface area (Å²) in [5.41, 5.74) is 4.79. The molecule has 0 aromatic heterocycles. The van der Waals surface area contributed by atoms with Crippen LogP contribution in [0.4, 0.5) is 10.1 Å². The summed E-state index contributed by atoms with van der Waals surface area (Å²) in [5, 5.41) is 13.2. The molecule has 0 aliphatic rings. The Labute approximate surface area is 115 Å². The summed E-state index contributed by atoms with van der Waals surface area (Å²) in [5.74, 6) is -1.38. The van der Waals surface area contributed by atoms with Crippen LogP contribution in [0.15, 0.2) is 18.2 Å². The molecule has 1 amide bonds. The maximum Gasteiger partial charge on any atom is 0.282 e. The highest BCUT2D eigenvalue weighted by Crippen LogP contribution is 2.19. The second kappa shape index (κ2) is 7.65. The van der Waals surface area contributed by atoms with Gasteiger partial charge in [-0.15, -0.1) is 12.4 Å². The number of amides is 1. The lowest BCUT2D eigenvalue weighted by Gasteiger charge is -2.07. The maximum absolute atomic E-state index is 13.0. The van der Waals surface area contributed by atoms with E-state index in [1.54, 1.807) is 6.92 Å². The molecule has 1 atom stereocenters. The van der Waals surface area contributed by atoms with Crippen LogP contribution in [0.2, 0.25) is 0 Å². The van der Waals surface area contributed by atoms with E-state index in [4.69, 9.17) is 5.73 Å². The summed E-state index contributed by atoms with van der Waals surface area (Å²) in [6, 6.07) is 2.67. The predicted octanol–water partition coefficient (Wildman–Crippen LogP) is 1.62. The van der Waals surface area contributed by atoms with Gasteiger partial charge >= 0.3 is 0 Å². The normalized spacial score (nSPS) is 11.3. The van der Waals surface area contributed by atoms with Gasteiger partial charge in [0.25, 0.3) is 11.6 Å². The molecule has 0 aliphatic heterocycles. The smallest absolute Gasteiger partial charge is 0.282 e. The van der Waals surface area contributed by atoms with Gasteiger partial charge in [-0.05, 0) is 25.5 Å². The average Bonchev–Trinajstić information content (AvgIpc) is 2.27. The Balaban J connectivity index is 0.00000324. The minimum atomic E-state index is -0.722. The number of nitrogens with one attached hydrogen (secondary N) is 1. The molecule has 0 fully saturated rings. The molecule has 19 heavy (non-hydrogen) atoms. The first-order valence-electron chi connectivity index (χ1n) is 5.39. The molecule has 1 aromatic rings. The molecule has 0 radical (unpaired) electrons. The summed E-state index contributed by atoms with van der Waals surface area (Å²) in [6.45, 7) is 2.06. The molecule has 0 heterocycles. The summed E-state index contributed by atoms with van der Waals surface area (Å²) < 4.78 is 13.0. The fourth-order valence-electron chi connectivity index (χ4n) is 1.36. The Morgan fingerprint density at radius 2 is 2.21 bits per heavy atom. The SMILES string of the molecule is CC(N)CCNC(=O)c1cc(F)ccc1[N+](=O)[O-].Cl.